The molecule has 0 aromatic heterocycles. The molecule has 3 N–H and O–H groups in total. The largest absolute Gasteiger partial charge is 0.354 e. The molecule has 5 nitrogen and oxygen atoms in total. The smallest absolute Gasteiger partial charge is 0.237 e. The SMILES string of the molecule is CC(C)(CNC(=O)C(N)C1CCN(C=O)CC1)c1ccc(F)c(Cl)c1. The van der Waals surface area contributed by atoms with E-state index in [4.69, 9.17) is 17.3 Å². The number of amides is 2. The zero-order valence-electron chi connectivity index (χ0n) is 14.6. The maximum Gasteiger partial charge on any atom is 0.237 e. The number of hydrogen-bond donors (Lipinski definition) is 2. The molecule has 1 heterocycles. The topological polar surface area (TPSA) is 75.4 Å². The average molecular weight is 370 g/mol. The summed E-state index contributed by atoms with van der Waals surface area (Å²) in [5.41, 5.74) is 6.53. The second-order valence-corrected chi connectivity index (χ2v) is 7.64. The van der Waals surface area contributed by atoms with Crippen LogP contribution in [0.2, 0.25) is 5.02 Å². The molecule has 1 atom stereocenters. The summed E-state index contributed by atoms with van der Waals surface area (Å²) in [4.78, 5) is 24.8. The van der Waals surface area contributed by atoms with Crippen LogP contribution < -0.4 is 11.1 Å². The third-order valence-corrected chi connectivity index (χ3v) is 5.23. The number of likely N-dealkylation sites (tertiary alicyclic amines) is 1. The summed E-state index contributed by atoms with van der Waals surface area (Å²) in [6.45, 7) is 5.54. The van der Waals surface area contributed by atoms with Crippen LogP contribution in [0.5, 0.6) is 0 Å². The number of rotatable bonds is 6. The van der Waals surface area contributed by atoms with Crippen LogP contribution in [-0.2, 0) is 15.0 Å². The number of benzene rings is 1. The molecule has 1 aromatic rings. The number of nitrogens with one attached hydrogen (secondary N) is 1. The predicted octanol–water partition coefficient (Wildman–Crippen LogP) is 2.07. The Morgan fingerprint density at radius 3 is 2.68 bits per heavy atom. The van der Waals surface area contributed by atoms with E-state index in [2.05, 4.69) is 5.32 Å². The van der Waals surface area contributed by atoms with Gasteiger partial charge >= 0.3 is 0 Å². The number of nitrogens with zero attached hydrogens (tertiary/aromatic N) is 1. The van der Waals surface area contributed by atoms with Crippen molar-refractivity contribution in [1.82, 2.24) is 10.2 Å². The van der Waals surface area contributed by atoms with Gasteiger partial charge in [-0.2, -0.15) is 0 Å². The van der Waals surface area contributed by atoms with Crippen molar-refractivity contribution >= 4 is 23.9 Å². The van der Waals surface area contributed by atoms with Crippen LogP contribution in [0, 0.1) is 11.7 Å². The molecule has 0 spiro atoms. The van der Waals surface area contributed by atoms with Gasteiger partial charge in [-0.3, -0.25) is 9.59 Å². The van der Waals surface area contributed by atoms with Crippen molar-refractivity contribution in [1.29, 1.82) is 0 Å². The molecule has 25 heavy (non-hydrogen) atoms. The molecule has 7 heteroatoms. The summed E-state index contributed by atoms with van der Waals surface area (Å²) in [5.74, 6) is -0.598. The van der Waals surface area contributed by atoms with Gasteiger partial charge in [0.25, 0.3) is 0 Å². The lowest BCUT2D eigenvalue weighted by atomic mass is 9.84. The first kappa shape index (κ1) is 19.7. The first-order valence-corrected chi connectivity index (χ1v) is 8.80. The fourth-order valence-corrected chi connectivity index (χ4v) is 3.22. The van der Waals surface area contributed by atoms with Gasteiger partial charge in [-0.1, -0.05) is 31.5 Å². The average Bonchev–Trinajstić information content (AvgIpc) is 2.61. The molecule has 0 bridgehead atoms. The zero-order chi connectivity index (χ0) is 18.6. The van der Waals surface area contributed by atoms with Crippen molar-refractivity contribution in [3.8, 4) is 0 Å². The second-order valence-electron chi connectivity index (χ2n) is 7.24. The Morgan fingerprint density at radius 1 is 1.48 bits per heavy atom. The number of carbonyl (C=O) groups is 2. The summed E-state index contributed by atoms with van der Waals surface area (Å²) in [5, 5.41) is 2.96. The molecule has 1 aliphatic heterocycles. The minimum Gasteiger partial charge on any atom is -0.354 e. The van der Waals surface area contributed by atoms with Crippen molar-refractivity contribution in [3.63, 3.8) is 0 Å². The molecule has 0 saturated carbocycles. The van der Waals surface area contributed by atoms with Gasteiger partial charge < -0.3 is 16.0 Å². The monoisotopic (exact) mass is 369 g/mol. The number of carbonyl (C=O) groups excluding carboxylic acids is 2. The summed E-state index contributed by atoms with van der Waals surface area (Å²) >= 11 is 5.85. The van der Waals surface area contributed by atoms with Gasteiger partial charge in [-0.25, -0.2) is 4.39 Å². The van der Waals surface area contributed by atoms with E-state index in [0.29, 0.717) is 19.6 Å². The molecule has 1 fully saturated rings. The van der Waals surface area contributed by atoms with Gasteiger partial charge in [0, 0.05) is 25.0 Å². The Bertz CT molecular complexity index is 631. The summed E-state index contributed by atoms with van der Waals surface area (Å²) in [6.07, 6.45) is 2.28. The van der Waals surface area contributed by atoms with Gasteiger partial charge in [0.05, 0.1) is 11.1 Å². The molecule has 2 amide bonds. The van der Waals surface area contributed by atoms with E-state index in [9.17, 15) is 14.0 Å². The van der Waals surface area contributed by atoms with Crippen molar-refractivity contribution < 1.29 is 14.0 Å². The Labute approximate surface area is 152 Å². The maximum atomic E-state index is 13.3. The molecule has 1 aliphatic rings. The molecule has 2 rings (SSSR count). The van der Waals surface area contributed by atoms with Gasteiger partial charge in [0.1, 0.15) is 5.82 Å². The van der Waals surface area contributed by atoms with Gasteiger partial charge in [-0.15, -0.1) is 0 Å². The van der Waals surface area contributed by atoms with Crippen LogP contribution in [0.1, 0.15) is 32.3 Å². The van der Waals surface area contributed by atoms with Crippen LogP contribution in [0.15, 0.2) is 18.2 Å². The van der Waals surface area contributed by atoms with Gasteiger partial charge in [0.15, 0.2) is 0 Å². The van der Waals surface area contributed by atoms with E-state index in [1.54, 1.807) is 17.0 Å². The van der Waals surface area contributed by atoms with Crippen LogP contribution in [-0.4, -0.2) is 42.9 Å². The highest BCUT2D eigenvalue weighted by molar-refractivity contribution is 6.30. The van der Waals surface area contributed by atoms with Crippen LogP contribution in [0.4, 0.5) is 4.39 Å². The van der Waals surface area contributed by atoms with E-state index in [1.165, 1.54) is 6.07 Å². The minimum atomic E-state index is -0.596. The van der Waals surface area contributed by atoms with E-state index in [-0.39, 0.29) is 16.8 Å². The fourth-order valence-electron chi connectivity index (χ4n) is 3.04. The molecule has 1 saturated heterocycles. The number of halogens is 2. The van der Waals surface area contributed by atoms with E-state index >= 15 is 0 Å². The lowest BCUT2D eigenvalue weighted by Gasteiger charge is -2.33. The molecule has 0 radical (unpaired) electrons. The van der Waals surface area contributed by atoms with Crippen LogP contribution in [0.25, 0.3) is 0 Å². The number of hydrogen-bond acceptors (Lipinski definition) is 3. The van der Waals surface area contributed by atoms with Crippen LogP contribution >= 0.6 is 11.6 Å². The second kappa shape index (κ2) is 8.15. The molecule has 138 valence electrons. The predicted molar refractivity (Wildman–Crippen MR) is 95.8 cm³/mol. The molecular weight excluding hydrogens is 345 g/mol. The van der Waals surface area contributed by atoms with Crippen molar-refractivity contribution in [2.75, 3.05) is 19.6 Å². The zero-order valence-corrected chi connectivity index (χ0v) is 15.4. The van der Waals surface area contributed by atoms with E-state index < -0.39 is 17.3 Å². The number of piperidine rings is 1. The highest BCUT2D eigenvalue weighted by Gasteiger charge is 2.30. The van der Waals surface area contributed by atoms with Crippen molar-refractivity contribution in [2.24, 2.45) is 11.7 Å². The molecule has 1 aromatic carbocycles. The van der Waals surface area contributed by atoms with E-state index in [0.717, 1.165) is 24.8 Å². The molecule has 1 unspecified atom stereocenters. The third-order valence-electron chi connectivity index (χ3n) is 4.94. The lowest BCUT2D eigenvalue weighted by Crippen LogP contribution is -2.51. The standard InChI is InChI=1S/C18H25ClFN3O2/c1-18(2,13-3-4-15(20)14(19)9-13)10-22-17(25)16(21)12-5-7-23(11-24)8-6-12/h3-4,9,11-12,16H,5-8,10,21H2,1-2H3,(H,22,25). The molecular formula is C18H25ClFN3O2. The normalized spacial score (nSPS) is 17.2. The fraction of sp³-hybridized carbons (Fsp3) is 0.556. The Hall–Kier alpha value is -1.66. The Kier molecular flexibility index (Phi) is 6.41. The first-order valence-electron chi connectivity index (χ1n) is 8.43. The highest BCUT2D eigenvalue weighted by Crippen LogP contribution is 2.27. The summed E-state index contributed by atoms with van der Waals surface area (Å²) in [7, 11) is 0. The quantitative estimate of drug-likeness (QED) is 0.754. The number of nitrogens with two attached hydrogens (primary N) is 1. The van der Waals surface area contributed by atoms with Crippen molar-refractivity contribution in [2.45, 2.75) is 38.1 Å². The first-order chi connectivity index (χ1) is 11.7. The maximum absolute atomic E-state index is 13.3. The van der Waals surface area contributed by atoms with Gasteiger partial charge in [-0.05, 0) is 36.5 Å². The summed E-state index contributed by atoms with van der Waals surface area (Å²) < 4.78 is 13.3. The molecule has 0 aliphatic carbocycles. The van der Waals surface area contributed by atoms with Crippen molar-refractivity contribution in [3.05, 3.63) is 34.6 Å². The minimum absolute atomic E-state index is 0.0653. The highest BCUT2D eigenvalue weighted by atomic mass is 35.5. The Balaban J connectivity index is 1.91. The lowest BCUT2D eigenvalue weighted by molar-refractivity contribution is -0.124. The third kappa shape index (κ3) is 4.92. The van der Waals surface area contributed by atoms with E-state index in [1.807, 2.05) is 13.8 Å². The summed E-state index contributed by atoms with van der Waals surface area (Å²) in [6, 6.07) is 3.98. The Morgan fingerprint density at radius 2 is 2.12 bits per heavy atom. The van der Waals surface area contributed by atoms with Crippen LogP contribution in [0.3, 0.4) is 0 Å². The van der Waals surface area contributed by atoms with Gasteiger partial charge in [0.2, 0.25) is 12.3 Å².